The molecule has 19 nitrogen and oxygen atoms in total. The Kier molecular flexibility index (Phi) is 13.0. The molecule has 0 unspecified atom stereocenters. The topological polar surface area (TPSA) is 231 Å². The van der Waals surface area contributed by atoms with Gasteiger partial charge < -0.3 is 39.8 Å². The lowest BCUT2D eigenvalue weighted by Crippen LogP contribution is -2.60. The first-order valence-electron chi connectivity index (χ1n) is 23.1. The monoisotopic (exact) mass is 936 g/mol. The third-order valence-electron chi connectivity index (χ3n) is 13.4. The minimum absolute atomic E-state index is 0.0143. The molecule has 360 valence electrons. The first-order valence-corrected chi connectivity index (χ1v) is 24.5. The van der Waals surface area contributed by atoms with Crippen LogP contribution in [0.25, 0.3) is 16.7 Å². The molecule has 8 atom stereocenters. The van der Waals surface area contributed by atoms with E-state index in [0.29, 0.717) is 78.3 Å². The second-order valence-electron chi connectivity index (χ2n) is 20.3. The minimum atomic E-state index is -4.49. The number of benzene rings is 1. The van der Waals surface area contributed by atoms with E-state index >= 15 is 0 Å². The Hall–Kier alpha value is -5.21. The number of amides is 4. The Labute approximate surface area is 386 Å². The molecule has 1 saturated heterocycles. The van der Waals surface area contributed by atoms with Gasteiger partial charge in [-0.15, -0.1) is 5.10 Å². The molecule has 66 heavy (non-hydrogen) atoms. The van der Waals surface area contributed by atoms with Gasteiger partial charge in [0.25, 0.3) is 5.91 Å². The third-order valence-corrected chi connectivity index (χ3v) is 14.4. The van der Waals surface area contributed by atoms with Gasteiger partial charge in [0.1, 0.15) is 53.8 Å². The van der Waals surface area contributed by atoms with Crippen molar-refractivity contribution in [3.63, 3.8) is 0 Å². The second kappa shape index (κ2) is 18.1. The highest BCUT2D eigenvalue weighted by Gasteiger charge is 2.62. The Morgan fingerprint density at radius 2 is 1.73 bits per heavy atom. The summed E-state index contributed by atoms with van der Waals surface area (Å²) in [7, 11) is -2.90. The number of nitrogens with one attached hydrogen (secondary N) is 4. The molecular weight excluding hydrogens is 873 g/mol. The molecular formula is C46H64N8O11S. The summed E-state index contributed by atoms with van der Waals surface area (Å²) in [5.41, 5.74) is -2.76. The van der Waals surface area contributed by atoms with E-state index in [4.69, 9.17) is 28.1 Å². The maximum atomic E-state index is 15.0. The molecule has 4 aliphatic carbocycles. The SMILES string of the molecule is CC[C@@H]1C[C@]1(NC(=O)[C@@H]1C[C@@H](Oc2cc(-n3ccc(NC(C)C)n3)nc3cc(OCCOC)ccc23)CN1C(=O)[C@@H](NC(=O)O[C@@H]1C[C@@H]2C[C@@H]2C1)C(C)(C)C)C(=O)NS(=O)(=O)OC1(C)CC1. The van der Waals surface area contributed by atoms with Gasteiger partial charge in [-0.1, -0.05) is 34.1 Å². The normalized spacial score (nSPS) is 26.6. The molecule has 8 rings (SSSR count). The number of hydrogen-bond acceptors (Lipinski definition) is 14. The van der Waals surface area contributed by atoms with E-state index in [1.807, 2.05) is 58.4 Å². The lowest BCUT2D eigenvalue weighted by atomic mass is 9.85. The number of nitrogens with zero attached hydrogens (tertiary/aromatic N) is 4. The van der Waals surface area contributed by atoms with E-state index in [9.17, 15) is 27.6 Å². The standard InChI is InChI=1S/C46H64N8O11S/c1-9-29-24-46(29,42(57)52-66(59,60)65-45(7)13-14-45)50-40(55)35-22-32(25-53(35)41(56)39(44(4,5)6)49-43(58)64-31-19-27-18-28(27)20-31)63-36-23-38(54-15-12-37(51-54)47-26(2)3)48-34-21-30(10-11-33(34)36)62-17-16-61-8/h10-12,15,21,23,26-29,31-32,35,39H,9,13-14,16-20,22,24-25H2,1-8H3,(H,47,51)(H,49,58)(H,50,55)(H,52,57)/t27-,28+,29-,31+,32-,35+,39-,46-/m1/s1. The van der Waals surface area contributed by atoms with Crippen LogP contribution < -0.4 is 30.1 Å². The summed E-state index contributed by atoms with van der Waals surface area (Å²) >= 11 is 0. The highest BCUT2D eigenvalue weighted by Crippen LogP contribution is 2.52. The van der Waals surface area contributed by atoms with Crippen molar-refractivity contribution in [1.82, 2.24) is 35.0 Å². The zero-order valence-corrected chi connectivity index (χ0v) is 39.9. The number of ether oxygens (including phenoxy) is 4. The number of anilines is 1. The lowest BCUT2D eigenvalue weighted by molar-refractivity contribution is -0.143. The number of aromatic nitrogens is 3. The Morgan fingerprint density at radius 3 is 2.38 bits per heavy atom. The largest absolute Gasteiger partial charge is 0.491 e. The van der Waals surface area contributed by atoms with Crippen molar-refractivity contribution in [1.29, 1.82) is 0 Å². The van der Waals surface area contributed by atoms with Crippen LogP contribution in [0.1, 0.15) is 99.8 Å². The van der Waals surface area contributed by atoms with Gasteiger partial charge in [0.2, 0.25) is 11.8 Å². The summed E-state index contributed by atoms with van der Waals surface area (Å²) < 4.78 is 58.6. The van der Waals surface area contributed by atoms with Crippen LogP contribution in [-0.2, 0) is 38.3 Å². The molecule has 1 aliphatic heterocycles. The van der Waals surface area contributed by atoms with Gasteiger partial charge in [0, 0.05) is 49.4 Å². The summed E-state index contributed by atoms with van der Waals surface area (Å²) in [6.45, 7) is 13.6. The van der Waals surface area contributed by atoms with Crippen LogP contribution in [0.15, 0.2) is 36.5 Å². The van der Waals surface area contributed by atoms with Gasteiger partial charge in [0.05, 0.1) is 24.3 Å². The van der Waals surface area contributed by atoms with Gasteiger partial charge >= 0.3 is 16.4 Å². The van der Waals surface area contributed by atoms with Crippen molar-refractivity contribution in [3.8, 4) is 17.3 Å². The van der Waals surface area contributed by atoms with Crippen LogP contribution in [0.3, 0.4) is 0 Å². The number of rotatable bonds is 19. The number of carbonyl (C=O) groups is 4. The Balaban J connectivity index is 1.10. The number of hydrogen-bond donors (Lipinski definition) is 4. The molecule has 0 radical (unpaired) electrons. The summed E-state index contributed by atoms with van der Waals surface area (Å²) in [4.78, 5) is 63.3. The van der Waals surface area contributed by atoms with Crippen LogP contribution in [0.4, 0.5) is 10.6 Å². The predicted octanol–water partition coefficient (Wildman–Crippen LogP) is 4.77. The van der Waals surface area contributed by atoms with Crippen LogP contribution in [0, 0.1) is 23.2 Å². The average Bonchev–Trinajstić information content (AvgIpc) is 4.15. The molecule has 4 saturated carbocycles. The van der Waals surface area contributed by atoms with Crippen LogP contribution in [0.2, 0.25) is 0 Å². The first kappa shape index (κ1) is 47.3. The number of carbonyl (C=O) groups excluding carboxylic acids is 4. The highest BCUT2D eigenvalue weighted by atomic mass is 32.2. The summed E-state index contributed by atoms with van der Waals surface area (Å²) in [5.74, 6) is 0.664. The van der Waals surface area contributed by atoms with E-state index in [2.05, 4.69) is 21.0 Å². The van der Waals surface area contributed by atoms with Crippen LogP contribution in [0.5, 0.6) is 11.5 Å². The molecule has 20 heteroatoms. The molecule has 2 aromatic heterocycles. The Morgan fingerprint density at radius 1 is 0.985 bits per heavy atom. The van der Waals surface area contributed by atoms with Crippen LogP contribution in [-0.4, -0.2) is 120 Å². The molecule has 3 heterocycles. The maximum absolute atomic E-state index is 15.0. The molecule has 0 bridgehead atoms. The van der Waals surface area contributed by atoms with Crippen molar-refractivity contribution in [2.24, 2.45) is 23.2 Å². The fraction of sp³-hybridized carbons (Fsp3) is 0.652. The number of likely N-dealkylation sites (tertiary alicyclic amines) is 1. The summed E-state index contributed by atoms with van der Waals surface area (Å²) in [6, 6.07) is 6.78. The first-order chi connectivity index (χ1) is 31.2. The van der Waals surface area contributed by atoms with Crippen molar-refractivity contribution >= 4 is 50.8 Å². The van der Waals surface area contributed by atoms with E-state index in [1.54, 1.807) is 43.1 Å². The van der Waals surface area contributed by atoms with E-state index in [-0.39, 0.29) is 37.5 Å². The maximum Gasteiger partial charge on any atom is 0.408 e. The van der Waals surface area contributed by atoms with Crippen molar-refractivity contribution < 1.29 is 50.7 Å². The van der Waals surface area contributed by atoms with Gasteiger partial charge in [-0.05, 0) is 94.6 Å². The van der Waals surface area contributed by atoms with E-state index in [1.165, 1.54) is 4.90 Å². The zero-order chi connectivity index (χ0) is 47.3. The quantitative estimate of drug-likeness (QED) is 0.119. The second-order valence-corrected chi connectivity index (χ2v) is 21.6. The molecule has 1 aromatic carbocycles. The Bertz CT molecular complexity index is 2440. The zero-order valence-electron chi connectivity index (χ0n) is 39.0. The lowest BCUT2D eigenvalue weighted by Gasteiger charge is -2.35. The minimum Gasteiger partial charge on any atom is -0.491 e. The molecule has 3 aromatic rings. The fourth-order valence-electron chi connectivity index (χ4n) is 9.33. The molecule has 4 N–H and O–H groups in total. The number of alkyl carbamates (subject to hydrolysis) is 1. The molecule has 0 spiro atoms. The van der Waals surface area contributed by atoms with Crippen molar-refractivity contribution in [2.75, 3.05) is 32.2 Å². The molecule has 5 fully saturated rings. The van der Waals surface area contributed by atoms with Gasteiger partial charge in [-0.2, -0.15) is 8.42 Å². The van der Waals surface area contributed by atoms with Crippen molar-refractivity contribution in [3.05, 3.63) is 36.5 Å². The van der Waals surface area contributed by atoms with Crippen LogP contribution >= 0.6 is 0 Å². The number of methoxy groups -OCH3 is 1. The molecule has 4 amide bonds. The van der Waals surface area contributed by atoms with Crippen molar-refractivity contribution in [2.45, 2.75) is 141 Å². The fourth-order valence-corrected chi connectivity index (χ4v) is 10.5. The smallest absolute Gasteiger partial charge is 0.408 e. The van der Waals surface area contributed by atoms with Gasteiger partial charge in [-0.3, -0.25) is 14.4 Å². The third kappa shape index (κ3) is 10.6. The number of fused-ring (bicyclic) bond motifs is 2. The summed E-state index contributed by atoms with van der Waals surface area (Å²) in [5, 5.41) is 14.3. The average molecular weight is 937 g/mol. The van der Waals surface area contributed by atoms with E-state index < -0.39 is 68.9 Å². The van der Waals surface area contributed by atoms with Gasteiger partial charge in [0.15, 0.2) is 5.82 Å². The van der Waals surface area contributed by atoms with Gasteiger partial charge in [-0.25, -0.2) is 23.4 Å². The molecule has 5 aliphatic rings. The predicted molar refractivity (Wildman–Crippen MR) is 242 cm³/mol. The summed E-state index contributed by atoms with van der Waals surface area (Å²) in [6.07, 6.45) is 4.48. The highest BCUT2D eigenvalue weighted by molar-refractivity contribution is 7.85. The number of pyridine rings is 1. The van der Waals surface area contributed by atoms with E-state index in [0.717, 1.165) is 19.3 Å².